The van der Waals surface area contributed by atoms with Gasteiger partial charge in [-0.3, -0.25) is 9.20 Å². The van der Waals surface area contributed by atoms with E-state index in [0.29, 0.717) is 5.52 Å². The van der Waals surface area contributed by atoms with Crippen molar-refractivity contribution < 1.29 is 21.6 Å². The molecule has 1 aliphatic heterocycles. The Morgan fingerprint density at radius 1 is 0.968 bits per heavy atom. The Kier molecular flexibility index (Phi) is 5.54. The number of benzene rings is 1. The van der Waals surface area contributed by atoms with E-state index in [0.717, 1.165) is 6.26 Å². The van der Waals surface area contributed by atoms with Gasteiger partial charge in [-0.05, 0) is 24.3 Å². The number of nitrogens with zero attached hydrogens (tertiary/aromatic N) is 4. The first-order valence-corrected chi connectivity index (χ1v) is 13.0. The molecule has 2 aromatic heterocycles. The topological polar surface area (TPSA) is 109 Å². The number of sulfone groups is 1. The van der Waals surface area contributed by atoms with Gasteiger partial charge in [-0.15, -0.1) is 0 Å². The highest BCUT2D eigenvalue weighted by atomic mass is 35.5. The fraction of sp³-hybridized carbons (Fsp3) is 0.263. The number of amides is 1. The summed E-state index contributed by atoms with van der Waals surface area (Å²) in [4.78, 5) is 18.7. The summed E-state index contributed by atoms with van der Waals surface area (Å²) < 4.78 is 52.6. The van der Waals surface area contributed by atoms with E-state index >= 15 is 0 Å². The first kappa shape index (κ1) is 21.8. The minimum atomic E-state index is -3.79. The molecule has 0 radical (unpaired) electrons. The number of piperazine rings is 1. The predicted octanol–water partition coefficient (Wildman–Crippen LogP) is 1.54. The van der Waals surface area contributed by atoms with Crippen molar-refractivity contribution in [1.82, 2.24) is 18.6 Å². The number of carbonyl (C=O) groups is 1. The lowest BCUT2D eigenvalue weighted by Gasteiger charge is -2.33. The molecule has 1 aromatic carbocycles. The Bertz CT molecular complexity index is 1380. The van der Waals surface area contributed by atoms with Crippen LogP contribution in [0.3, 0.4) is 0 Å². The lowest BCUT2D eigenvalue weighted by atomic mass is 10.2. The standard InChI is InChI=1S/C19H19ClN4O5S2/c1-30(26,27)19-21-17(15-7-4-5-9-24(15)19)18(25)22-10-12-23(13-11-22)31(28,29)16-8-3-2-6-14(16)20/h2-9H,10-13H2,1H3. The van der Waals surface area contributed by atoms with Crippen LogP contribution in [-0.4, -0.2) is 73.8 Å². The van der Waals surface area contributed by atoms with Crippen LogP contribution in [-0.2, 0) is 19.9 Å². The molecule has 1 fully saturated rings. The zero-order chi connectivity index (χ0) is 22.4. The average molecular weight is 483 g/mol. The first-order chi connectivity index (χ1) is 14.6. The fourth-order valence-electron chi connectivity index (χ4n) is 3.50. The third kappa shape index (κ3) is 3.93. The number of hydrogen-bond donors (Lipinski definition) is 0. The van der Waals surface area contributed by atoms with E-state index in [1.807, 2.05) is 0 Å². The van der Waals surface area contributed by atoms with Crippen LogP contribution in [0, 0.1) is 0 Å². The van der Waals surface area contributed by atoms with Crippen molar-refractivity contribution in [3.63, 3.8) is 0 Å². The minimum Gasteiger partial charge on any atom is -0.335 e. The molecule has 0 atom stereocenters. The Labute approximate surface area is 184 Å². The maximum Gasteiger partial charge on any atom is 0.274 e. The highest BCUT2D eigenvalue weighted by Gasteiger charge is 2.33. The molecule has 0 unspecified atom stereocenters. The van der Waals surface area contributed by atoms with Gasteiger partial charge in [-0.1, -0.05) is 29.8 Å². The Morgan fingerprint density at radius 3 is 2.26 bits per heavy atom. The number of fused-ring (bicyclic) bond motifs is 1. The van der Waals surface area contributed by atoms with Crippen molar-refractivity contribution in [2.24, 2.45) is 0 Å². The summed E-state index contributed by atoms with van der Waals surface area (Å²) in [6, 6.07) is 11.2. The number of halogens is 1. The van der Waals surface area contributed by atoms with Crippen LogP contribution in [0.4, 0.5) is 0 Å². The minimum absolute atomic E-state index is 0.0171. The zero-order valence-electron chi connectivity index (χ0n) is 16.5. The Morgan fingerprint density at radius 2 is 1.61 bits per heavy atom. The molecule has 31 heavy (non-hydrogen) atoms. The van der Waals surface area contributed by atoms with E-state index in [1.54, 1.807) is 30.3 Å². The van der Waals surface area contributed by atoms with Crippen LogP contribution < -0.4 is 0 Å². The van der Waals surface area contributed by atoms with E-state index in [2.05, 4.69) is 4.98 Å². The number of imidazole rings is 1. The molecule has 0 bridgehead atoms. The van der Waals surface area contributed by atoms with Crippen molar-refractivity contribution >= 4 is 42.9 Å². The van der Waals surface area contributed by atoms with Gasteiger partial charge >= 0.3 is 0 Å². The van der Waals surface area contributed by atoms with Crippen molar-refractivity contribution in [2.45, 2.75) is 10.1 Å². The molecule has 0 N–H and O–H groups in total. The normalized spacial score (nSPS) is 16.0. The van der Waals surface area contributed by atoms with Crippen LogP contribution in [0.5, 0.6) is 0 Å². The summed E-state index contributed by atoms with van der Waals surface area (Å²) in [5.74, 6) is -0.451. The van der Waals surface area contributed by atoms with Crippen LogP contribution in [0.2, 0.25) is 5.02 Å². The number of pyridine rings is 1. The van der Waals surface area contributed by atoms with E-state index in [4.69, 9.17) is 11.6 Å². The van der Waals surface area contributed by atoms with Crippen molar-refractivity contribution in [3.8, 4) is 0 Å². The second kappa shape index (κ2) is 7.90. The molecule has 1 amide bonds. The molecule has 1 saturated heterocycles. The highest BCUT2D eigenvalue weighted by molar-refractivity contribution is 7.90. The van der Waals surface area contributed by atoms with Crippen molar-refractivity contribution in [1.29, 1.82) is 0 Å². The van der Waals surface area contributed by atoms with E-state index < -0.39 is 25.8 Å². The van der Waals surface area contributed by atoms with Crippen LogP contribution in [0.1, 0.15) is 10.5 Å². The van der Waals surface area contributed by atoms with Crippen molar-refractivity contribution in [2.75, 3.05) is 32.4 Å². The van der Waals surface area contributed by atoms with E-state index in [9.17, 15) is 21.6 Å². The summed E-state index contributed by atoms with van der Waals surface area (Å²) in [5.41, 5.74) is 0.391. The van der Waals surface area contributed by atoms with Gasteiger partial charge in [0.25, 0.3) is 5.91 Å². The van der Waals surface area contributed by atoms with Gasteiger partial charge in [-0.25, -0.2) is 21.8 Å². The van der Waals surface area contributed by atoms with E-state index in [-0.39, 0.29) is 46.9 Å². The third-order valence-corrected chi connectivity index (χ3v) is 8.38. The summed E-state index contributed by atoms with van der Waals surface area (Å²) in [6.45, 7) is 0.458. The van der Waals surface area contributed by atoms with Crippen LogP contribution >= 0.6 is 11.6 Å². The van der Waals surface area contributed by atoms with Crippen LogP contribution in [0.25, 0.3) is 5.52 Å². The van der Waals surface area contributed by atoms with Crippen LogP contribution in [0.15, 0.2) is 58.7 Å². The smallest absolute Gasteiger partial charge is 0.274 e. The maximum absolute atomic E-state index is 13.1. The quantitative estimate of drug-likeness (QED) is 0.558. The number of rotatable bonds is 4. The summed E-state index contributed by atoms with van der Waals surface area (Å²) in [6.07, 6.45) is 2.56. The fourth-order valence-corrected chi connectivity index (χ4v) is 6.19. The molecular formula is C19H19ClN4O5S2. The maximum atomic E-state index is 13.1. The predicted molar refractivity (Wildman–Crippen MR) is 114 cm³/mol. The Balaban J connectivity index is 1.58. The lowest BCUT2D eigenvalue weighted by Crippen LogP contribution is -2.50. The van der Waals surface area contributed by atoms with Gasteiger partial charge in [0.05, 0.1) is 10.5 Å². The van der Waals surface area contributed by atoms with Gasteiger partial charge in [0.2, 0.25) is 25.0 Å². The highest BCUT2D eigenvalue weighted by Crippen LogP contribution is 2.26. The molecule has 0 saturated carbocycles. The number of sulfonamides is 1. The third-order valence-electron chi connectivity index (χ3n) is 5.03. The molecular weight excluding hydrogens is 464 g/mol. The molecule has 1 aliphatic rings. The Hall–Kier alpha value is -2.47. The SMILES string of the molecule is CS(=O)(=O)c1nc(C(=O)N2CCN(S(=O)(=O)c3ccccc3Cl)CC2)c2ccccn12. The largest absolute Gasteiger partial charge is 0.335 e. The van der Waals surface area contributed by atoms with Gasteiger partial charge in [0.1, 0.15) is 4.90 Å². The summed E-state index contributed by atoms with van der Waals surface area (Å²) >= 11 is 6.05. The molecule has 4 rings (SSSR count). The first-order valence-electron chi connectivity index (χ1n) is 9.32. The number of aromatic nitrogens is 2. The number of carbonyl (C=O) groups excluding carboxylic acids is 1. The second-order valence-corrected chi connectivity index (χ2v) is 11.3. The molecule has 0 aliphatic carbocycles. The van der Waals surface area contributed by atoms with Gasteiger partial charge in [0.15, 0.2) is 5.69 Å². The van der Waals surface area contributed by atoms with Gasteiger partial charge in [-0.2, -0.15) is 4.31 Å². The molecule has 164 valence electrons. The second-order valence-electron chi connectivity index (χ2n) is 7.10. The molecule has 0 spiro atoms. The summed E-state index contributed by atoms with van der Waals surface area (Å²) in [7, 11) is -7.45. The lowest BCUT2D eigenvalue weighted by molar-refractivity contribution is 0.0694. The molecule has 3 aromatic rings. The average Bonchev–Trinajstić information content (AvgIpc) is 3.14. The monoisotopic (exact) mass is 482 g/mol. The molecule has 3 heterocycles. The summed E-state index contributed by atoms with van der Waals surface area (Å²) in [5, 5.41) is -0.0785. The zero-order valence-corrected chi connectivity index (χ0v) is 18.9. The van der Waals surface area contributed by atoms with Crippen molar-refractivity contribution in [3.05, 3.63) is 59.4 Å². The number of hydrogen-bond acceptors (Lipinski definition) is 6. The van der Waals surface area contributed by atoms with Gasteiger partial charge in [0, 0.05) is 38.6 Å². The molecule has 9 nitrogen and oxygen atoms in total. The van der Waals surface area contributed by atoms with Gasteiger partial charge < -0.3 is 4.90 Å². The van der Waals surface area contributed by atoms with E-state index in [1.165, 1.54) is 31.9 Å². The molecule has 12 heteroatoms.